The fraction of sp³-hybridized carbons (Fsp3) is 0.214. The largest absolute Gasteiger partial charge is 0.404 e. The summed E-state index contributed by atoms with van der Waals surface area (Å²) >= 11 is 0. The minimum Gasteiger partial charge on any atom is -0.404 e. The highest BCUT2D eigenvalue weighted by atomic mass is 19.1. The lowest BCUT2D eigenvalue weighted by atomic mass is 10.0. The van der Waals surface area contributed by atoms with E-state index >= 15 is 0 Å². The van der Waals surface area contributed by atoms with Crippen LogP contribution < -0.4 is 11.1 Å². The predicted molar refractivity (Wildman–Crippen MR) is 139 cm³/mol. The number of halogens is 2. The van der Waals surface area contributed by atoms with Crippen LogP contribution in [0.3, 0.4) is 0 Å². The van der Waals surface area contributed by atoms with Crippen LogP contribution in [0.5, 0.6) is 0 Å². The number of pyridine rings is 1. The van der Waals surface area contributed by atoms with Gasteiger partial charge in [-0.3, -0.25) is 9.79 Å². The fourth-order valence-corrected chi connectivity index (χ4v) is 4.58. The number of aromatic nitrogens is 3. The zero-order valence-electron chi connectivity index (χ0n) is 20.0. The van der Waals surface area contributed by atoms with Crippen molar-refractivity contribution in [3.63, 3.8) is 0 Å². The molecule has 1 aliphatic rings. The van der Waals surface area contributed by atoms with Crippen molar-refractivity contribution in [3.8, 4) is 0 Å². The van der Waals surface area contributed by atoms with Crippen LogP contribution in [-0.4, -0.2) is 27.1 Å². The summed E-state index contributed by atoms with van der Waals surface area (Å²) in [6.45, 7) is 0.0779. The number of aromatic amines is 1. The molecule has 37 heavy (non-hydrogen) atoms. The maximum atomic E-state index is 14.4. The highest BCUT2D eigenvalue weighted by molar-refractivity contribution is 6.10. The lowest BCUT2D eigenvalue weighted by Crippen LogP contribution is -2.24. The van der Waals surface area contributed by atoms with Crippen molar-refractivity contribution in [2.75, 3.05) is 0 Å². The molecular formula is C28H26F2N6O. The number of fused-ring (bicyclic) bond motifs is 1. The molecule has 7 nitrogen and oxygen atoms in total. The molecule has 0 unspecified atom stereocenters. The van der Waals surface area contributed by atoms with E-state index in [1.165, 1.54) is 61.7 Å². The lowest BCUT2D eigenvalue weighted by molar-refractivity contribution is 0.0947. The molecule has 1 aliphatic carbocycles. The quantitative estimate of drug-likeness (QED) is 0.290. The van der Waals surface area contributed by atoms with Gasteiger partial charge in [0, 0.05) is 36.6 Å². The first-order chi connectivity index (χ1) is 18.0. The van der Waals surface area contributed by atoms with Gasteiger partial charge in [-0.15, -0.1) is 0 Å². The van der Waals surface area contributed by atoms with Gasteiger partial charge in [0.2, 0.25) is 0 Å². The van der Waals surface area contributed by atoms with E-state index in [1.807, 2.05) is 6.07 Å². The number of allylic oxidation sites excluding steroid dienone is 1. The normalized spacial score (nSPS) is 14.6. The molecule has 4 aromatic rings. The number of H-pyrrole nitrogens is 1. The second-order valence-electron chi connectivity index (χ2n) is 9.05. The summed E-state index contributed by atoms with van der Waals surface area (Å²) < 4.78 is 27.6. The third-order valence-electron chi connectivity index (χ3n) is 6.48. The van der Waals surface area contributed by atoms with Crippen LogP contribution in [0.25, 0.3) is 16.6 Å². The van der Waals surface area contributed by atoms with Crippen molar-refractivity contribution < 1.29 is 13.6 Å². The minimum absolute atomic E-state index is 0.0779. The van der Waals surface area contributed by atoms with Crippen LogP contribution >= 0.6 is 0 Å². The molecule has 1 amide bonds. The SMILES string of the molecule is NC=C(C=Nc1ccc(F)cc1)c1cc(F)cc(CNC(=O)c2nccc3[nH]c(C4CCCC4)nc23)c1. The Morgan fingerprint density at radius 2 is 1.89 bits per heavy atom. The average molecular weight is 501 g/mol. The van der Waals surface area contributed by atoms with Gasteiger partial charge in [0.15, 0.2) is 5.69 Å². The molecule has 2 aromatic carbocycles. The van der Waals surface area contributed by atoms with E-state index in [9.17, 15) is 13.6 Å². The van der Waals surface area contributed by atoms with Crippen molar-refractivity contribution in [2.45, 2.75) is 38.1 Å². The second kappa shape index (κ2) is 10.7. The van der Waals surface area contributed by atoms with Crippen LogP contribution in [-0.2, 0) is 6.54 Å². The van der Waals surface area contributed by atoms with E-state index in [-0.39, 0.29) is 18.1 Å². The maximum Gasteiger partial charge on any atom is 0.272 e. The molecule has 0 atom stereocenters. The first-order valence-electron chi connectivity index (χ1n) is 12.1. The summed E-state index contributed by atoms with van der Waals surface area (Å²) in [5, 5.41) is 2.82. The summed E-state index contributed by atoms with van der Waals surface area (Å²) in [6, 6.07) is 11.9. The van der Waals surface area contributed by atoms with Crippen molar-refractivity contribution in [2.24, 2.45) is 10.7 Å². The molecule has 0 aliphatic heterocycles. The van der Waals surface area contributed by atoms with Gasteiger partial charge in [-0.1, -0.05) is 12.8 Å². The number of nitrogens with zero attached hydrogens (tertiary/aromatic N) is 3. The maximum absolute atomic E-state index is 14.4. The summed E-state index contributed by atoms with van der Waals surface area (Å²) in [6.07, 6.45) is 8.91. The summed E-state index contributed by atoms with van der Waals surface area (Å²) in [5.74, 6) is 0.0369. The highest BCUT2D eigenvalue weighted by Crippen LogP contribution is 2.33. The zero-order chi connectivity index (χ0) is 25.8. The Morgan fingerprint density at radius 3 is 2.65 bits per heavy atom. The van der Waals surface area contributed by atoms with Crippen LogP contribution in [0.2, 0.25) is 0 Å². The van der Waals surface area contributed by atoms with Gasteiger partial charge in [0.1, 0.15) is 23.0 Å². The number of carbonyl (C=O) groups excluding carboxylic acids is 1. The molecule has 4 N–H and O–H groups in total. The number of aliphatic imine (C=N–C) groups is 1. The number of hydrogen-bond donors (Lipinski definition) is 3. The number of nitrogens with two attached hydrogens (primary N) is 1. The Labute approximate surface area is 212 Å². The second-order valence-corrected chi connectivity index (χ2v) is 9.05. The van der Waals surface area contributed by atoms with E-state index in [2.05, 4.69) is 25.3 Å². The smallest absolute Gasteiger partial charge is 0.272 e. The molecule has 0 spiro atoms. The van der Waals surface area contributed by atoms with Crippen LogP contribution in [0.1, 0.15) is 59.0 Å². The number of carbonyl (C=O) groups is 1. The highest BCUT2D eigenvalue weighted by Gasteiger charge is 2.22. The molecule has 9 heteroatoms. The van der Waals surface area contributed by atoms with Crippen LogP contribution in [0, 0.1) is 11.6 Å². The Hall–Kier alpha value is -4.40. The third kappa shape index (κ3) is 5.55. The van der Waals surface area contributed by atoms with Gasteiger partial charge in [-0.2, -0.15) is 0 Å². The lowest BCUT2D eigenvalue weighted by Gasteiger charge is -2.09. The van der Waals surface area contributed by atoms with E-state index < -0.39 is 11.7 Å². The molecule has 1 fully saturated rings. The van der Waals surface area contributed by atoms with Gasteiger partial charge in [0.05, 0.1) is 11.2 Å². The van der Waals surface area contributed by atoms with Gasteiger partial charge in [-0.05, 0) is 72.5 Å². The first kappa shape index (κ1) is 24.3. The Kier molecular flexibility index (Phi) is 7.02. The number of amides is 1. The van der Waals surface area contributed by atoms with Gasteiger partial charge in [0.25, 0.3) is 5.91 Å². The van der Waals surface area contributed by atoms with Crippen molar-refractivity contribution in [1.82, 2.24) is 20.3 Å². The fourth-order valence-electron chi connectivity index (χ4n) is 4.58. The first-order valence-corrected chi connectivity index (χ1v) is 12.1. The molecule has 0 bridgehead atoms. The van der Waals surface area contributed by atoms with E-state index in [0.29, 0.717) is 33.8 Å². The predicted octanol–water partition coefficient (Wildman–Crippen LogP) is 5.53. The topological polar surface area (TPSA) is 109 Å². The summed E-state index contributed by atoms with van der Waals surface area (Å²) in [5.41, 5.74) is 9.33. The molecule has 0 radical (unpaired) electrons. The monoisotopic (exact) mass is 500 g/mol. The number of benzene rings is 2. The van der Waals surface area contributed by atoms with Gasteiger partial charge in [-0.25, -0.2) is 18.7 Å². The number of hydrogen-bond acceptors (Lipinski definition) is 5. The van der Waals surface area contributed by atoms with E-state index in [1.54, 1.807) is 12.3 Å². The van der Waals surface area contributed by atoms with Crippen molar-refractivity contribution >= 4 is 34.4 Å². The molecule has 1 saturated carbocycles. The molecule has 188 valence electrons. The molecule has 2 aromatic heterocycles. The van der Waals surface area contributed by atoms with Crippen LogP contribution in [0.15, 0.2) is 65.9 Å². The third-order valence-corrected chi connectivity index (χ3v) is 6.48. The van der Waals surface area contributed by atoms with Gasteiger partial charge >= 0.3 is 0 Å². The van der Waals surface area contributed by atoms with Crippen LogP contribution in [0.4, 0.5) is 14.5 Å². The minimum atomic E-state index is -0.481. The number of imidazole rings is 1. The molecular weight excluding hydrogens is 474 g/mol. The molecule has 0 saturated heterocycles. The summed E-state index contributed by atoms with van der Waals surface area (Å²) in [4.78, 5) is 29.6. The molecule has 2 heterocycles. The van der Waals surface area contributed by atoms with Gasteiger partial charge < -0.3 is 16.0 Å². The van der Waals surface area contributed by atoms with E-state index in [4.69, 9.17) is 5.73 Å². The van der Waals surface area contributed by atoms with E-state index in [0.717, 1.165) is 24.2 Å². The summed E-state index contributed by atoms with van der Waals surface area (Å²) in [7, 11) is 0. The zero-order valence-corrected chi connectivity index (χ0v) is 20.0. The Morgan fingerprint density at radius 1 is 1.11 bits per heavy atom. The Balaban J connectivity index is 1.32. The molecule has 5 rings (SSSR count). The van der Waals surface area contributed by atoms with Crippen molar-refractivity contribution in [3.05, 3.63) is 95.2 Å². The average Bonchev–Trinajstić information content (AvgIpc) is 3.58. The van der Waals surface area contributed by atoms with Crippen molar-refractivity contribution in [1.29, 1.82) is 0 Å². The standard InChI is InChI=1S/C28H26F2N6O/c29-21-5-7-23(8-6-21)33-16-20(14-31)19-11-17(12-22(30)13-19)15-34-28(37)26-25-24(9-10-32-26)35-27(36-25)18-3-1-2-4-18/h5-14,16,18H,1-4,15,31H2,(H,34,37)(H,35,36). The number of rotatable bonds is 7. The Bertz CT molecular complexity index is 1490. The number of nitrogens with one attached hydrogen (secondary N) is 2.